The summed E-state index contributed by atoms with van der Waals surface area (Å²) in [4.78, 5) is 39.2. The molecule has 4 rings (SSSR count). The van der Waals surface area contributed by atoms with Gasteiger partial charge >= 0.3 is 0 Å². The van der Waals surface area contributed by atoms with Crippen LogP contribution in [0.15, 0.2) is 18.2 Å². The first kappa shape index (κ1) is 18.1. The number of carbonyl (C=O) groups excluding carboxylic acids is 3. The molecule has 3 aliphatic rings. The molecule has 2 saturated heterocycles. The topological polar surface area (TPSA) is 87.7 Å². The molecule has 1 aromatic carbocycles. The van der Waals surface area contributed by atoms with E-state index in [2.05, 4.69) is 17.6 Å². The Morgan fingerprint density at radius 2 is 2.07 bits per heavy atom. The number of hydrogen-bond acceptors (Lipinski definition) is 5. The Bertz CT molecular complexity index is 772. The van der Waals surface area contributed by atoms with Crippen LogP contribution >= 0.6 is 0 Å². The van der Waals surface area contributed by atoms with Crippen LogP contribution in [0.2, 0.25) is 0 Å². The standard InChI is InChI=1S/C20H25N3O4/c1-12-6-7-21-10-17(12)22-18(24)13-4-5-15-16(9-13)20(26)23(19(15)25)11-14-3-2-8-27-14/h4-5,9,12,14,17,21H,2-3,6-8,10-11H2,1H3,(H,22,24). The second kappa shape index (κ2) is 7.40. The van der Waals surface area contributed by atoms with Gasteiger partial charge in [0.05, 0.1) is 23.8 Å². The van der Waals surface area contributed by atoms with E-state index in [1.807, 2.05) is 0 Å². The quantitative estimate of drug-likeness (QED) is 0.777. The second-order valence-electron chi connectivity index (χ2n) is 7.67. The second-order valence-corrected chi connectivity index (χ2v) is 7.67. The normalized spacial score (nSPS) is 27.7. The Morgan fingerprint density at radius 3 is 2.81 bits per heavy atom. The molecule has 3 aliphatic heterocycles. The van der Waals surface area contributed by atoms with Crippen LogP contribution in [-0.4, -0.2) is 61.0 Å². The zero-order chi connectivity index (χ0) is 19.0. The van der Waals surface area contributed by atoms with Crippen LogP contribution in [0.25, 0.3) is 0 Å². The molecular weight excluding hydrogens is 346 g/mol. The number of amides is 3. The highest BCUT2D eigenvalue weighted by atomic mass is 16.5. The molecule has 0 radical (unpaired) electrons. The molecule has 0 aliphatic carbocycles. The van der Waals surface area contributed by atoms with Crippen LogP contribution in [0.5, 0.6) is 0 Å². The zero-order valence-corrected chi connectivity index (χ0v) is 15.5. The molecule has 0 aromatic heterocycles. The highest BCUT2D eigenvalue weighted by Crippen LogP contribution is 2.26. The maximum absolute atomic E-state index is 12.7. The molecule has 3 atom stereocenters. The molecule has 3 unspecified atom stereocenters. The predicted molar refractivity (Wildman–Crippen MR) is 98.7 cm³/mol. The van der Waals surface area contributed by atoms with Gasteiger partial charge in [-0.05, 0) is 49.9 Å². The van der Waals surface area contributed by atoms with Gasteiger partial charge in [0.25, 0.3) is 17.7 Å². The summed E-state index contributed by atoms with van der Waals surface area (Å²) in [6, 6.07) is 4.81. The van der Waals surface area contributed by atoms with Gasteiger partial charge in [-0.25, -0.2) is 0 Å². The molecule has 0 bridgehead atoms. The van der Waals surface area contributed by atoms with Crippen LogP contribution in [0.3, 0.4) is 0 Å². The van der Waals surface area contributed by atoms with Gasteiger partial charge in [0.1, 0.15) is 0 Å². The Labute approximate surface area is 158 Å². The lowest BCUT2D eigenvalue weighted by Gasteiger charge is -2.30. The molecule has 2 N–H and O–H groups in total. The van der Waals surface area contributed by atoms with Crippen molar-refractivity contribution in [3.8, 4) is 0 Å². The first-order chi connectivity index (χ1) is 13.0. The fourth-order valence-electron chi connectivity index (χ4n) is 4.02. The Kier molecular flexibility index (Phi) is 4.97. The Morgan fingerprint density at radius 1 is 1.26 bits per heavy atom. The van der Waals surface area contributed by atoms with Gasteiger partial charge in [-0.15, -0.1) is 0 Å². The molecule has 7 nitrogen and oxygen atoms in total. The number of nitrogens with one attached hydrogen (secondary N) is 2. The lowest BCUT2D eigenvalue weighted by atomic mass is 9.94. The first-order valence-corrected chi connectivity index (χ1v) is 9.68. The van der Waals surface area contributed by atoms with E-state index in [0.29, 0.717) is 29.2 Å². The number of piperidine rings is 1. The molecule has 1 aromatic rings. The van der Waals surface area contributed by atoms with Crippen molar-refractivity contribution in [3.63, 3.8) is 0 Å². The Balaban J connectivity index is 1.49. The molecular formula is C20H25N3O4. The minimum Gasteiger partial charge on any atom is -0.376 e. The maximum Gasteiger partial charge on any atom is 0.261 e. The minimum atomic E-state index is -0.340. The number of imide groups is 1. The van der Waals surface area contributed by atoms with E-state index in [1.165, 1.54) is 4.90 Å². The number of nitrogens with zero attached hydrogens (tertiary/aromatic N) is 1. The highest BCUT2D eigenvalue weighted by molar-refractivity contribution is 6.22. The summed E-state index contributed by atoms with van der Waals surface area (Å²) in [6.07, 6.45) is 2.73. The first-order valence-electron chi connectivity index (χ1n) is 9.68. The molecule has 7 heteroatoms. The largest absolute Gasteiger partial charge is 0.376 e. The fraction of sp³-hybridized carbons (Fsp3) is 0.550. The number of rotatable bonds is 4. The van der Waals surface area contributed by atoms with Crippen molar-refractivity contribution in [2.45, 2.75) is 38.3 Å². The van der Waals surface area contributed by atoms with Crippen molar-refractivity contribution < 1.29 is 19.1 Å². The number of fused-ring (bicyclic) bond motifs is 1. The number of ether oxygens (including phenoxy) is 1. The molecule has 0 spiro atoms. The summed E-state index contributed by atoms with van der Waals surface area (Å²) >= 11 is 0. The van der Waals surface area contributed by atoms with Crippen molar-refractivity contribution in [2.24, 2.45) is 5.92 Å². The van der Waals surface area contributed by atoms with E-state index in [4.69, 9.17) is 4.74 Å². The van der Waals surface area contributed by atoms with E-state index in [1.54, 1.807) is 18.2 Å². The molecule has 3 amide bonds. The molecule has 0 saturated carbocycles. The lowest BCUT2D eigenvalue weighted by Crippen LogP contribution is -2.50. The van der Waals surface area contributed by atoms with Gasteiger partial charge in [-0.1, -0.05) is 6.92 Å². The number of carbonyl (C=O) groups is 3. The summed E-state index contributed by atoms with van der Waals surface area (Å²) in [7, 11) is 0. The maximum atomic E-state index is 12.7. The van der Waals surface area contributed by atoms with E-state index in [0.717, 1.165) is 32.4 Å². The third-order valence-electron chi connectivity index (χ3n) is 5.79. The van der Waals surface area contributed by atoms with Crippen LogP contribution < -0.4 is 10.6 Å². The average molecular weight is 371 g/mol. The van der Waals surface area contributed by atoms with Gasteiger partial charge in [0.15, 0.2) is 0 Å². The number of hydrogen-bond donors (Lipinski definition) is 2. The highest BCUT2D eigenvalue weighted by Gasteiger charge is 2.38. The van der Waals surface area contributed by atoms with Gasteiger partial charge in [-0.2, -0.15) is 0 Å². The van der Waals surface area contributed by atoms with E-state index >= 15 is 0 Å². The molecule has 2 fully saturated rings. The van der Waals surface area contributed by atoms with Crippen molar-refractivity contribution in [1.82, 2.24) is 15.5 Å². The van der Waals surface area contributed by atoms with Crippen LogP contribution in [-0.2, 0) is 4.74 Å². The predicted octanol–water partition coefficient (Wildman–Crippen LogP) is 1.19. The zero-order valence-electron chi connectivity index (χ0n) is 15.5. The van der Waals surface area contributed by atoms with Gasteiger partial charge in [0.2, 0.25) is 0 Å². The van der Waals surface area contributed by atoms with Crippen molar-refractivity contribution in [3.05, 3.63) is 34.9 Å². The third kappa shape index (κ3) is 3.49. The van der Waals surface area contributed by atoms with Gasteiger partial charge in [0, 0.05) is 24.8 Å². The van der Waals surface area contributed by atoms with Crippen LogP contribution in [0, 0.1) is 5.92 Å². The van der Waals surface area contributed by atoms with Crippen molar-refractivity contribution in [2.75, 3.05) is 26.2 Å². The van der Waals surface area contributed by atoms with E-state index in [-0.39, 0.29) is 36.4 Å². The fourth-order valence-corrected chi connectivity index (χ4v) is 4.02. The lowest BCUT2D eigenvalue weighted by molar-refractivity contribution is 0.0475. The summed E-state index contributed by atoms with van der Waals surface area (Å²) in [5.74, 6) is -0.457. The van der Waals surface area contributed by atoms with Crippen LogP contribution in [0.4, 0.5) is 0 Å². The Hall–Kier alpha value is -2.25. The average Bonchev–Trinajstić information content (AvgIpc) is 3.26. The summed E-state index contributed by atoms with van der Waals surface area (Å²) in [5, 5.41) is 6.33. The smallest absolute Gasteiger partial charge is 0.261 e. The SMILES string of the molecule is CC1CCNCC1NC(=O)c1ccc2c(c1)C(=O)N(CC1CCCO1)C2=O. The van der Waals surface area contributed by atoms with Gasteiger partial charge < -0.3 is 15.4 Å². The summed E-state index contributed by atoms with van der Waals surface area (Å²) in [5.41, 5.74) is 1.08. The monoisotopic (exact) mass is 371 g/mol. The molecule has 27 heavy (non-hydrogen) atoms. The summed E-state index contributed by atoms with van der Waals surface area (Å²) < 4.78 is 5.55. The summed E-state index contributed by atoms with van der Waals surface area (Å²) in [6.45, 7) is 4.78. The van der Waals surface area contributed by atoms with Gasteiger partial charge in [-0.3, -0.25) is 19.3 Å². The third-order valence-corrected chi connectivity index (χ3v) is 5.79. The van der Waals surface area contributed by atoms with E-state index in [9.17, 15) is 14.4 Å². The minimum absolute atomic E-state index is 0.0628. The number of benzene rings is 1. The van der Waals surface area contributed by atoms with Crippen molar-refractivity contribution in [1.29, 1.82) is 0 Å². The van der Waals surface area contributed by atoms with Crippen LogP contribution in [0.1, 0.15) is 57.3 Å². The molecule has 3 heterocycles. The molecule has 144 valence electrons. The van der Waals surface area contributed by atoms with E-state index < -0.39 is 0 Å². The van der Waals surface area contributed by atoms with Crippen molar-refractivity contribution >= 4 is 17.7 Å².